The zero-order chi connectivity index (χ0) is 17.6. The summed E-state index contributed by atoms with van der Waals surface area (Å²) in [6.45, 7) is 5.63. The Morgan fingerprint density at radius 1 is 0.913 bits per heavy atom. The number of rotatable bonds is 6. The summed E-state index contributed by atoms with van der Waals surface area (Å²) in [5.41, 5.74) is 5.39. The van der Waals surface area contributed by atoms with E-state index in [-0.39, 0.29) is 13.2 Å². The van der Waals surface area contributed by atoms with Gasteiger partial charge in [-0.2, -0.15) is 0 Å². The summed E-state index contributed by atoms with van der Waals surface area (Å²) in [6.07, 6.45) is -4.69. The second kappa shape index (κ2) is 8.80. The maximum Gasteiger partial charge on any atom is 0.303 e. The van der Waals surface area contributed by atoms with Crippen molar-refractivity contribution in [1.82, 2.24) is 0 Å². The molecule has 1 heterocycles. The van der Waals surface area contributed by atoms with Crippen LogP contribution >= 0.6 is 0 Å². The monoisotopic (exact) mass is 333 g/mol. The molecule has 1 rings (SSSR count). The van der Waals surface area contributed by atoms with Gasteiger partial charge in [-0.1, -0.05) is 0 Å². The highest BCUT2D eigenvalue weighted by molar-refractivity contribution is 5.68. The van der Waals surface area contributed by atoms with Gasteiger partial charge in [-0.15, -0.1) is 0 Å². The minimum atomic E-state index is -1.08. The van der Waals surface area contributed by atoms with E-state index in [1.807, 2.05) is 0 Å². The number of ether oxygens (including phenoxy) is 5. The lowest BCUT2D eigenvalue weighted by atomic mass is 9.99. The number of carbonyl (C=O) groups is 3. The molecule has 1 saturated heterocycles. The van der Waals surface area contributed by atoms with Gasteiger partial charge in [0.15, 0.2) is 24.6 Å². The van der Waals surface area contributed by atoms with Crippen molar-refractivity contribution in [1.29, 1.82) is 0 Å². The number of hydrogen-bond acceptors (Lipinski definition) is 9. The van der Waals surface area contributed by atoms with Gasteiger partial charge in [0.2, 0.25) is 0 Å². The van der Waals surface area contributed by atoms with Crippen molar-refractivity contribution in [2.75, 3.05) is 13.2 Å². The number of carbonyl (C=O) groups excluding carboxylic acids is 3. The van der Waals surface area contributed by atoms with Crippen LogP contribution in [0.1, 0.15) is 27.7 Å². The van der Waals surface area contributed by atoms with Crippen LogP contribution in [0, 0.1) is 0 Å². The minimum absolute atomic E-state index is 0.153. The van der Waals surface area contributed by atoms with Gasteiger partial charge in [0.05, 0.1) is 12.7 Å². The molecule has 0 spiro atoms. The fourth-order valence-electron chi connectivity index (χ4n) is 2.29. The van der Waals surface area contributed by atoms with E-state index in [4.69, 9.17) is 29.4 Å². The number of esters is 3. The number of hydrogen-bond donors (Lipinski definition) is 1. The number of nitrogens with two attached hydrogens (primary N) is 1. The Bertz CT molecular complexity index is 440. The molecule has 0 bridgehead atoms. The van der Waals surface area contributed by atoms with E-state index in [1.165, 1.54) is 20.8 Å². The third kappa shape index (κ3) is 5.77. The molecule has 1 aliphatic rings. The lowest BCUT2D eigenvalue weighted by molar-refractivity contribution is -0.300. The average Bonchev–Trinajstić information content (AvgIpc) is 2.42. The first-order valence-electron chi connectivity index (χ1n) is 7.25. The van der Waals surface area contributed by atoms with Gasteiger partial charge >= 0.3 is 17.9 Å². The molecule has 9 heteroatoms. The van der Waals surface area contributed by atoms with Crippen LogP contribution in [0.4, 0.5) is 0 Å². The fraction of sp³-hybridized carbons (Fsp3) is 0.786. The molecule has 0 aliphatic carbocycles. The maximum absolute atomic E-state index is 11.4. The third-order valence-corrected chi connectivity index (χ3v) is 3.03. The van der Waals surface area contributed by atoms with Crippen LogP contribution in [0.3, 0.4) is 0 Å². The summed E-state index contributed by atoms with van der Waals surface area (Å²) >= 11 is 0. The van der Waals surface area contributed by atoms with Crippen LogP contribution in [0.2, 0.25) is 0 Å². The fourth-order valence-corrected chi connectivity index (χ4v) is 2.29. The lowest BCUT2D eigenvalue weighted by Crippen LogP contribution is -2.61. The minimum Gasteiger partial charge on any atom is -0.456 e. The molecule has 0 saturated carbocycles. The summed E-state index contributed by atoms with van der Waals surface area (Å²) in [4.78, 5) is 34.1. The van der Waals surface area contributed by atoms with Crippen LogP contribution in [0.15, 0.2) is 0 Å². The Labute approximate surface area is 134 Å². The van der Waals surface area contributed by atoms with E-state index in [2.05, 4.69) is 0 Å². The van der Waals surface area contributed by atoms with Crippen molar-refractivity contribution in [2.45, 2.75) is 58.4 Å². The van der Waals surface area contributed by atoms with E-state index in [0.717, 1.165) is 0 Å². The third-order valence-electron chi connectivity index (χ3n) is 3.03. The normalized spacial score (nSPS) is 30.4. The van der Waals surface area contributed by atoms with E-state index in [9.17, 15) is 14.4 Å². The first-order valence-corrected chi connectivity index (χ1v) is 7.25. The molecular formula is C14H23NO8. The molecule has 5 unspecified atom stereocenters. The Balaban J connectivity index is 3.08. The molecule has 132 valence electrons. The summed E-state index contributed by atoms with van der Waals surface area (Å²) < 4.78 is 26.6. The highest BCUT2D eigenvalue weighted by atomic mass is 16.7. The largest absolute Gasteiger partial charge is 0.456 e. The second-order valence-electron chi connectivity index (χ2n) is 5.09. The van der Waals surface area contributed by atoms with Gasteiger partial charge in [0.25, 0.3) is 0 Å². The van der Waals surface area contributed by atoms with Gasteiger partial charge in [-0.3, -0.25) is 14.4 Å². The lowest BCUT2D eigenvalue weighted by Gasteiger charge is -2.43. The Morgan fingerprint density at radius 2 is 1.39 bits per heavy atom. The van der Waals surface area contributed by atoms with E-state index in [0.29, 0.717) is 0 Å². The van der Waals surface area contributed by atoms with Crippen LogP contribution in [-0.2, 0) is 38.1 Å². The van der Waals surface area contributed by atoms with Crippen LogP contribution in [0.5, 0.6) is 0 Å². The summed E-state index contributed by atoms with van der Waals surface area (Å²) in [5, 5.41) is 0. The first-order chi connectivity index (χ1) is 10.8. The van der Waals surface area contributed by atoms with Crippen molar-refractivity contribution in [3.05, 3.63) is 0 Å². The molecule has 2 N–H and O–H groups in total. The van der Waals surface area contributed by atoms with Gasteiger partial charge in [-0.05, 0) is 6.92 Å². The highest BCUT2D eigenvalue weighted by Crippen LogP contribution is 2.29. The molecule has 0 amide bonds. The maximum atomic E-state index is 11.4. The molecule has 0 radical (unpaired) electrons. The van der Waals surface area contributed by atoms with E-state index < -0.39 is 48.6 Å². The summed E-state index contributed by atoms with van der Waals surface area (Å²) in [5.74, 6) is -1.81. The van der Waals surface area contributed by atoms with Crippen molar-refractivity contribution in [3.63, 3.8) is 0 Å². The highest BCUT2D eigenvalue weighted by Gasteiger charge is 2.50. The molecule has 0 aromatic heterocycles. The van der Waals surface area contributed by atoms with Crippen molar-refractivity contribution in [2.24, 2.45) is 5.73 Å². The molecule has 5 atom stereocenters. The zero-order valence-corrected chi connectivity index (χ0v) is 13.6. The second-order valence-corrected chi connectivity index (χ2v) is 5.09. The molecule has 23 heavy (non-hydrogen) atoms. The van der Waals surface area contributed by atoms with Crippen molar-refractivity contribution in [3.8, 4) is 0 Å². The summed E-state index contributed by atoms with van der Waals surface area (Å²) in [7, 11) is 0. The average molecular weight is 333 g/mol. The predicted molar refractivity (Wildman–Crippen MR) is 76.0 cm³/mol. The van der Waals surface area contributed by atoms with Crippen molar-refractivity contribution >= 4 is 17.9 Å². The van der Waals surface area contributed by atoms with Crippen LogP contribution in [-0.4, -0.2) is 61.8 Å². The Morgan fingerprint density at radius 3 is 1.87 bits per heavy atom. The topological polar surface area (TPSA) is 123 Å². The van der Waals surface area contributed by atoms with E-state index >= 15 is 0 Å². The van der Waals surface area contributed by atoms with Gasteiger partial charge in [-0.25, -0.2) is 0 Å². The first kappa shape index (κ1) is 19.3. The van der Waals surface area contributed by atoms with Gasteiger partial charge < -0.3 is 29.4 Å². The Hall–Kier alpha value is -1.71. The molecule has 0 aromatic carbocycles. The zero-order valence-electron chi connectivity index (χ0n) is 13.6. The molecule has 1 fully saturated rings. The van der Waals surface area contributed by atoms with E-state index in [1.54, 1.807) is 6.92 Å². The smallest absolute Gasteiger partial charge is 0.303 e. The molecule has 9 nitrogen and oxygen atoms in total. The molecule has 1 aliphatic heterocycles. The van der Waals surface area contributed by atoms with Gasteiger partial charge in [0, 0.05) is 27.3 Å². The molecular weight excluding hydrogens is 310 g/mol. The predicted octanol–water partition coefficient (Wildman–Crippen LogP) is -0.498. The quantitative estimate of drug-likeness (QED) is 0.506. The molecule has 0 aromatic rings. The van der Waals surface area contributed by atoms with Crippen molar-refractivity contribution < 1.29 is 38.1 Å². The SMILES string of the molecule is CC(=O)OC1C(C)OC(OCCN)C(OC(C)=O)C1OC(C)=O. The van der Waals surface area contributed by atoms with Gasteiger partial charge in [0.1, 0.15) is 0 Å². The van der Waals surface area contributed by atoms with Crippen LogP contribution in [0.25, 0.3) is 0 Å². The van der Waals surface area contributed by atoms with Crippen LogP contribution < -0.4 is 5.73 Å². The summed E-state index contributed by atoms with van der Waals surface area (Å²) in [6, 6.07) is 0. The standard InChI is InChI=1S/C14H23NO8/c1-7-11(21-8(2)16)12(22-9(3)17)13(23-10(4)18)14(20-7)19-6-5-15/h7,11-14H,5-6,15H2,1-4H3. The Kier molecular flexibility index (Phi) is 7.40.